The van der Waals surface area contributed by atoms with Crippen LogP contribution in [0.5, 0.6) is 5.75 Å². The van der Waals surface area contributed by atoms with Gasteiger partial charge in [0.2, 0.25) is 0 Å². The van der Waals surface area contributed by atoms with Crippen LogP contribution in [0.25, 0.3) is 16.9 Å². The van der Waals surface area contributed by atoms with Crippen molar-refractivity contribution in [1.29, 1.82) is 0 Å². The largest absolute Gasteiger partial charge is 0.497 e. The van der Waals surface area contributed by atoms with E-state index < -0.39 is 0 Å². The Morgan fingerprint density at radius 1 is 1.00 bits per heavy atom. The fourth-order valence-electron chi connectivity index (χ4n) is 2.02. The third kappa shape index (κ3) is 2.36. The van der Waals surface area contributed by atoms with E-state index in [0.717, 1.165) is 22.7 Å². The van der Waals surface area contributed by atoms with Crippen molar-refractivity contribution in [2.45, 2.75) is 0 Å². The number of hydrogen-bond acceptors (Lipinski definition) is 2. The van der Waals surface area contributed by atoms with E-state index in [4.69, 9.17) is 4.74 Å². The van der Waals surface area contributed by atoms with E-state index in [0.29, 0.717) is 0 Å². The van der Waals surface area contributed by atoms with Gasteiger partial charge in [-0.15, -0.1) is 0 Å². The molecule has 0 saturated heterocycles. The molecule has 3 heteroatoms. The lowest BCUT2D eigenvalue weighted by Gasteiger charge is -2.03. The molecule has 3 aromatic rings. The van der Waals surface area contributed by atoms with Gasteiger partial charge in [0.15, 0.2) is 0 Å². The second kappa shape index (κ2) is 4.98. The number of hydrogen-bond donors (Lipinski definition) is 0. The van der Waals surface area contributed by atoms with Crippen LogP contribution in [0.2, 0.25) is 0 Å². The average Bonchev–Trinajstić information content (AvgIpc) is 2.98. The van der Waals surface area contributed by atoms with Crippen molar-refractivity contribution in [1.82, 2.24) is 9.55 Å². The topological polar surface area (TPSA) is 27.1 Å². The normalized spacial score (nSPS) is 10.4. The van der Waals surface area contributed by atoms with Gasteiger partial charge in [-0.25, -0.2) is 4.98 Å². The van der Waals surface area contributed by atoms with E-state index in [9.17, 15) is 0 Å². The van der Waals surface area contributed by atoms with E-state index in [1.807, 2.05) is 47.2 Å². The minimum Gasteiger partial charge on any atom is -0.497 e. The van der Waals surface area contributed by atoms with Crippen LogP contribution >= 0.6 is 0 Å². The summed E-state index contributed by atoms with van der Waals surface area (Å²) >= 11 is 0. The third-order valence-corrected chi connectivity index (χ3v) is 3.01. The van der Waals surface area contributed by atoms with Crippen molar-refractivity contribution in [3.05, 3.63) is 67.1 Å². The summed E-state index contributed by atoms with van der Waals surface area (Å²) in [6, 6.07) is 16.0. The number of aromatic nitrogens is 2. The molecule has 0 amide bonds. The van der Waals surface area contributed by atoms with Crippen LogP contribution in [0.15, 0.2) is 67.1 Å². The smallest absolute Gasteiger partial charge is 0.136 e. The van der Waals surface area contributed by atoms with E-state index >= 15 is 0 Å². The van der Waals surface area contributed by atoms with Gasteiger partial charge in [-0.1, -0.05) is 18.2 Å². The summed E-state index contributed by atoms with van der Waals surface area (Å²) in [5, 5.41) is 0. The Labute approximate surface area is 112 Å². The summed E-state index contributed by atoms with van der Waals surface area (Å²) in [6.45, 7) is 0. The molecule has 0 atom stereocenters. The minimum atomic E-state index is 0.864. The van der Waals surface area contributed by atoms with Crippen molar-refractivity contribution in [3.8, 4) is 22.7 Å². The minimum absolute atomic E-state index is 0.864. The number of methoxy groups -OCH3 is 1. The SMILES string of the molecule is COc1cccc(-c2ccn(-c3ccccn3)c2)c1. The molecule has 0 aliphatic rings. The highest BCUT2D eigenvalue weighted by atomic mass is 16.5. The first-order chi connectivity index (χ1) is 9.36. The van der Waals surface area contributed by atoms with Gasteiger partial charge in [-0.05, 0) is 41.5 Å². The predicted molar refractivity (Wildman–Crippen MR) is 75.6 cm³/mol. The number of ether oxygens (including phenoxy) is 1. The highest BCUT2D eigenvalue weighted by Crippen LogP contribution is 2.24. The van der Waals surface area contributed by atoms with Crippen molar-refractivity contribution in [2.24, 2.45) is 0 Å². The van der Waals surface area contributed by atoms with Crippen LogP contribution in [0.4, 0.5) is 0 Å². The Morgan fingerprint density at radius 3 is 2.74 bits per heavy atom. The van der Waals surface area contributed by atoms with Crippen molar-refractivity contribution >= 4 is 0 Å². The van der Waals surface area contributed by atoms with Crippen LogP contribution < -0.4 is 4.74 Å². The van der Waals surface area contributed by atoms with Gasteiger partial charge in [0.25, 0.3) is 0 Å². The van der Waals surface area contributed by atoms with Gasteiger partial charge in [-0.2, -0.15) is 0 Å². The number of benzene rings is 1. The molecule has 0 fully saturated rings. The fourth-order valence-corrected chi connectivity index (χ4v) is 2.02. The van der Waals surface area contributed by atoms with Gasteiger partial charge in [-0.3, -0.25) is 0 Å². The second-order valence-corrected chi connectivity index (χ2v) is 4.23. The maximum atomic E-state index is 5.25. The molecule has 0 spiro atoms. The van der Waals surface area contributed by atoms with Crippen LogP contribution in [-0.4, -0.2) is 16.7 Å². The molecule has 3 rings (SSSR count). The van der Waals surface area contributed by atoms with Crippen molar-refractivity contribution < 1.29 is 4.74 Å². The number of rotatable bonds is 3. The number of nitrogens with zero attached hydrogens (tertiary/aromatic N) is 2. The standard InChI is InChI=1S/C16H14N2O/c1-19-15-6-4-5-13(11-15)14-8-10-18(12-14)16-7-2-3-9-17-16/h2-12H,1H3. The van der Waals surface area contributed by atoms with E-state index in [2.05, 4.69) is 23.3 Å². The summed E-state index contributed by atoms with van der Waals surface area (Å²) in [5.74, 6) is 1.78. The molecule has 0 aliphatic heterocycles. The Balaban J connectivity index is 1.97. The summed E-state index contributed by atoms with van der Waals surface area (Å²) in [6.07, 6.45) is 5.87. The lowest BCUT2D eigenvalue weighted by atomic mass is 10.1. The molecule has 3 nitrogen and oxygen atoms in total. The quantitative estimate of drug-likeness (QED) is 0.710. The lowest BCUT2D eigenvalue weighted by molar-refractivity contribution is 0.415. The summed E-state index contributed by atoms with van der Waals surface area (Å²) in [7, 11) is 1.68. The first-order valence-corrected chi connectivity index (χ1v) is 6.10. The van der Waals surface area contributed by atoms with Gasteiger partial charge in [0.05, 0.1) is 7.11 Å². The molecule has 0 bridgehead atoms. The Bertz CT molecular complexity index is 674. The van der Waals surface area contributed by atoms with Crippen LogP contribution in [0, 0.1) is 0 Å². The Hall–Kier alpha value is -2.55. The first-order valence-electron chi connectivity index (χ1n) is 6.10. The molecular formula is C16H14N2O. The lowest BCUT2D eigenvalue weighted by Crippen LogP contribution is -1.91. The summed E-state index contributed by atoms with van der Waals surface area (Å²) in [5.41, 5.74) is 2.28. The molecule has 19 heavy (non-hydrogen) atoms. The molecule has 0 unspecified atom stereocenters. The van der Waals surface area contributed by atoms with Crippen LogP contribution in [0.1, 0.15) is 0 Å². The van der Waals surface area contributed by atoms with E-state index in [1.54, 1.807) is 13.3 Å². The molecule has 0 radical (unpaired) electrons. The zero-order valence-corrected chi connectivity index (χ0v) is 10.7. The summed E-state index contributed by atoms with van der Waals surface area (Å²) < 4.78 is 7.26. The van der Waals surface area contributed by atoms with Gasteiger partial charge >= 0.3 is 0 Å². The van der Waals surface area contributed by atoms with Crippen molar-refractivity contribution in [3.63, 3.8) is 0 Å². The average molecular weight is 250 g/mol. The molecule has 94 valence electrons. The molecule has 2 heterocycles. The predicted octanol–water partition coefficient (Wildman–Crippen LogP) is 3.55. The highest BCUT2D eigenvalue weighted by molar-refractivity contribution is 5.65. The molecule has 0 aliphatic carbocycles. The zero-order chi connectivity index (χ0) is 13.1. The highest BCUT2D eigenvalue weighted by Gasteiger charge is 2.03. The maximum Gasteiger partial charge on any atom is 0.136 e. The first kappa shape index (κ1) is 11.5. The van der Waals surface area contributed by atoms with Crippen molar-refractivity contribution in [2.75, 3.05) is 7.11 Å². The van der Waals surface area contributed by atoms with Gasteiger partial charge < -0.3 is 9.30 Å². The Kier molecular flexibility index (Phi) is 3.02. The van der Waals surface area contributed by atoms with E-state index in [1.165, 1.54) is 0 Å². The third-order valence-electron chi connectivity index (χ3n) is 3.01. The fraction of sp³-hybridized carbons (Fsp3) is 0.0625. The monoisotopic (exact) mass is 250 g/mol. The molecule has 0 saturated carbocycles. The van der Waals surface area contributed by atoms with Gasteiger partial charge in [0, 0.05) is 18.6 Å². The van der Waals surface area contributed by atoms with Crippen LogP contribution in [0.3, 0.4) is 0 Å². The molecule has 2 aromatic heterocycles. The maximum absolute atomic E-state index is 5.25. The van der Waals surface area contributed by atoms with Gasteiger partial charge in [0.1, 0.15) is 11.6 Å². The van der Waals surface area contributed by atoms with E-state index in [-0.39, 0.29) is 0 Å². The second-order valence-electron chi connectivity index (χ2n) is 4.23. The van der Waals surface area contributed by atoms with Crippen LogP contribution in [-0.2, 0) is 0 Å². The zero-order valence-electron chi connectivity index (χ0n) is 10.7. The number of pyridine rings is 1. The Morgan fingerprint density at radius 2 is 1.95 bits per heavy atom. The summed E-state index contributed by atoms with van der Waals surface area (Å²) in [4.78, 5) is 4.33. The molecule has 0 N–H and O–H groups in total. The molecule has 1 aromatic carbocycles. The molecular weight excluding hydrogens is 236 g/mol.